The second-order valence-corrected chi connectivity index (χ2v) is 3.75. The van der Waals surface area contributed by atoms with Crippen LogP contribution in [0.15, 0.2) is 6.07 Å². The number of nitrogens with zero attached hydrogens (tertiary/aromatic N) is 3. The van der Waals surface area contributed by atoms with E-state index in [1.807, 2.05) is 6.92 Å². The Hall–Kier alpha value is -1.52. The predicted octanol–water partition coefficient (Wildman–Crippen LogP) is 3.01. The SMILES string of the molecule is CCn1nc(C)c2c(C(F)F)cc(C)nc21. The zero-order valence-electron chi connectivity index (χ0n) is 9.46. The topological polar surface area (TPSA) is 30.7 Å². The van der Waals surface area contributed by atoms with Crippen LogP contribution in [0.5, 0.6) is 0 Å². The number of aromatic nitrogens is 3. The summed E-state index contributed by atoms with van der Waals surface area (Å²) < 4.78 is 27.5. The van der Waals surface area contributed by atoms with E-state index in [4.69, 9.17) is 0 Å². The van der Waals surface area contributed by atoms with Crippen molar-refractivity contribution in [1.82, 2.24) is 14.8 Å². The van der Waals surface area contributed by atoms with Crippen molar-refractivity contribution in [2.75, 3.05) is 0 Å². The largest absolute Gasteiger partial charge is 0.264 e. The lowest BCUT2D eigenvalue weighted by Crippen LogP contribution is -1.99. The molecule has 0 saturated carbocycles. The van der Waals surface area contributed by atoms with Gasteiger partial charge in [-0.05, 0) is 26.8 Å². The van der Waals surface area contributed by atoms with Crippen LogP contribution < -0.4 is 0 Å². The Balaban J connectivity index is 2.85. The van der Waals surface area contributed by atoms with Gasteiger partial charge in [-0.3, -0.25) is 0 Å². The molecule has 0 aliphatic carbocycles. The van der Waals surface area contributed by atoms with Gasteiger partial charge in [0, 0.05) is 17.8 Å². The second kappa shape index (κ2) is 3.81. The lowest BCUT2D eigenvalue weighted by Gasteiger charge is -2.04. The summed E-state index contributed by atoms with van der Waals surface area (Å²) >= 11 is 0. The zero-order valence-corrected chi connectivity index (χ0v) is 9.46. The average molecular weight is 225 g/mol. The molecule has 0 N–H and O–H groups in total. The van der Waals surface area contributed by atoms with Crippen LogP contribution in [0.2, 0.25) is 0 Å². The molecule has 0 atom stereocenters. The van der Waals surface area contributed by atoms with Crippen LogP contribution in [0.1, 0.15) is 30.3 Å². The molecule has 0 spiro atoms. The fourth-order valence-electron chi connectivity index (χ4n) is 1.91. The molecule has 3 nitrogen and oxygen atoms in total. The summed E-state index contributed by atoms with van der Waals surface area (Å²) in [5.41, 5.74) is 1.78. The number of hydrogen-bond acceptors (Lipinski definition) is 2. The molecule has 0 aromatic carbocycles. The summed E-state index contributed by atoms with van der Waals surface area (Å²) in [6.07, 6.45) is -2.49. The molecule has 2 aromatic rings. The second-order valence-electron chi connectivity index (χ2n) is 3.75. The third-order valence-corrected chi connectivity index (χ3v) is 2.57. The predicted molar refractivity (Wildman–Crippen MR) is 57.6 cm³/mol. The quantitative estimate of drug-likeness (QED) is 0.786. The molecular weight excluding hydrogens is 212 g/mol. The van der Waals surface area contributed by atoms with E-state index < -0.39 is 6.43 Å². The molecule has 2 heterocycles. The van der Waals surface area contributed by atoms with Gasteiger partial charge >= 0.3 is 0 Å². The summed E-state index contributed by atoms with van der Waals surface area (Å²) in [5, 5.41) is 4.70. The Labute approximate surface area is 92.1 Å². The number of halogens is 2. The third-order valence-electron chi connectivity index (χ3n) is 2.57. The molecule has 5 heteroatoms. The Morgan fingerprint density at radius 3 is 2.62 bits per heavy atom. The maximum atomic E-state index is 12.9. The highest BCUT2D eigenvalue weighted by Crippen LogP contribution is 2.29. The monoisotopic (exact) mass is 225 g/mol. The zero-order chi connectivity index (χ0) is 11.9. The number of fused-ring (bicyclic) bond motifs is 1. The Morgan fingerprint density at radius 2 is 2.06 bits per heavy atom. The van der Waals surface area contributed by atoms with Crippen molar-refractivity contribution in [2.45, 2.75) is 33.7 Å². The van der Waals surface area contributed by atoms with Crippen LogP contribution in [0.4, 0.5) is 8.78 Å². The summed E-state index contributed by atoms with van der Waals surface area (Å²) in [7, 11) is 0. The van der Waals surface area contributed by atoms with Crippen molar-refractivity contribution in [1.29, 1.82) is 0 Å². The van der Waals surface area contributed by atoms with E-state index in [0.717, 1.165) is 0 Å². The van der Waals surface area contributed by atoms with Gasteiger partial charge in [0.2, 0.25) is 0 Å². The molecular formula is C11H13F2N3. The first-order valence-electron chi connectivity index (χ1n) is 5.17. The van der Waals surface area contributed by atoms with Crippen molar-refractivity contribution in [2.24, 2.45) is 0 Å². The highest BCUT2D eigenvalue weighted by Gasteiger charge is 2.18. The van der Waals surface area contributed by atoms with Crippen molar-refractivity contribution in [3.63, 3.8) is 0 Å². The van der Waals surface area contributed by atoms with Gasteiger partial charge in [-0.25, -0.2) is 18.4 Å². The minimum absolute atomic E-state index is 0.0275. The fraction of sp³-hybridized carbons (Fsp3) is 0.455. The molecule has 0 fully saturated rings. The molecule has 0 saturated heterocycles. The van der Waals surface area contributed by atoms with Crippen LogP contribution >= 0.6 is 0 Å². The van der Waals surface area contributed by atoms with E-state index in [1.165, 1.54) is 6.07 Å². The van der Waals surface area contributed by atoms with E-state index in [9.17, 15) is 8.78 Å². The van der Waals surface area contributed by atoms with Gasteiger partial charge in [0.25, 0.3) is 6.43 Å². The summed E-state index contributed by atoms with van der Waals surface area (Å²) in [4.78, 5) is 4.28. The van der Waals surface area contributed by atoms with Gasteiger partial charge in [-0.1, -0.05) is 0 Å². The van der Waals surface area contributed by atoms with Gasteiger partial charge in [0.1, 0.15) is 0 Å². The van der Waals surface area contributed by atoms with Crippen LogP contribution in [-0.2, 0) is 6.54 Å². The maximum Gasteiger partial charge on any atom is 0.264 e. The van der Waals surface area contributed by atoms with Gasteiger partial charge in [0.05, 0.1) is 11.1 Å². The number of pyridine rings is 1. The van der Waals surface area contributed by atoms with Crippen LogP contribution in [0, 0.1) is 13.8 Å². The van der Waals surface area contributed by atoms with Crippen LogP contribution in [0.3, 0.4) is 0 Å². The molecule has 0 aliphatic heterocycles. The molecule has 0 unspecified atom stereocenters. The first kappa shape index (κ1) is 11.0. The standard InChI is InChI=1S/C11H13F2N3/c1-4-16-11-9(7(3)15-16)8(10(12)13)5-6(2)14-11/h5,10H,4H2,1-3H3. The van der Waals surface area contributed by atoms with Gasteiger partial charge in [-0.2, -0.15) is 5.10 Å². The minimum Gasteiger partial charge on any atom is -0.247 e. The summed E-state index contributed by atoms with van der Waals surface area (Å²) in [6.45, 7) is 5.99. The maximum absolute atomic E-state index is 12.9. The first-order valence-corrected chi connectivity index (χ1v) is 5.17. The van der Waals surface area contributed by atoms with Crippen LogP contribution in [-0.4, -0.2) is 14.8 Å². The number of hydrogen-bond donors (Lipinski definition) is 0. The van der Waals surface area contributed by atoms with Gasteiger partial charge in [-0.15, -0.1) is 0 Å². The van der Waals surface area contributed by atoms with Crippen molar-refractivity contribution < 1.29 is 8.78 Å². The number of rotatable bonds is 2. The lowest BCUT2D eigenvalue weighted by atomic mass is 10.1. The molecule has 16 heavy (non-hydrogen) atoms. The van der Waals surface area contributed by atoms with Crippen LogP contribution in [0.25, 0.3) is 11.0 Å². The molecule has 2 aromatic heterocycles. The average Bonchev–Trinajstić information content (AvgIpc) is 2.54. The van der Waals surface area contributed by atoms with Crippen molar-refractivity contribution >= 4 is 11.0 Å². The highest BCUT2D eigenvalue weighted by molar-refractivity contribution is 5.82. The first-order chi connectivity index (χ1) is 7.54. The Bertz CT molecular complexity index is 531. The van der Waals surface area contributed by atoms with E-state index >= 15 is 0 Å². The molecule has 86 valence electrons. The minimum atomic E-state index is -2.49. The highest BCUT2D eigenvalue weighted by atomic mass is 19.3. The summed E-state index contributed by atoms with van der Waals surface area (Å²) in [5.74, 6) is 0. The van der Waals surface area contributed by atoms with E-state index in [0.29, 0.717) is 29.0 Å². The summed E-state index contributed by atoms with van der Waals surface area (Å²) in [6, 6.07) is 1.43. The molecule has 0 radical (unpaired) electrons. The smallest absolute Gasteiger partial charge is 0.247 e. The van der Waals surface area contributed by atoms with Crippen molar-refractivity contribution in [3.05, 3.63) is 23.0 Å². The Morgan fingerprint density at radius 1 is 1.38 bits per heavy atom. The normalized spacial score (nSPS) is 11.6. The van der Waals surface area contributed by atoms with E-state index in [-0.39, 0.29) is 5.56 Å². The van der Waals surface area contributed by atoms with E-state index in [2.05, 4.69) is 10.1 Å². The lowest BCUT2D eigenvalue weighted by molar-refractivity contribution is 0.153. The van der Waals surface area contributed by atoms with E-state index in [1.54, 1.807) is 18.5 Å². The Kier molecular flexibility index (Phi) is 2.61. The van der Waals surface area contributed by atoms with Gasteiger partial charge < -0.3 is 0 Å². The van der Waals surface area contributed by atoms with Crippen molar-refractivity contribution in [3.8, 4) is 0 Å². The number of alkyl halides is 2. The third kappa shape index (κ3) is 1.56. The molecule has 0 aliphatic rings. The molecule has 0 amide bonds. The fourth-order valence-corrected chi connectivity index (χ4v) is 1.91. The molecule has 2 rings (SSSR count). The molecule has 0 bridgehead atoms. The number of aryl methyl sites for hydroxylation is 3. The van der Waals surface area contributed by atoms with Gasteiger partial charge in [0.15, 0.2) is 5.65 Å².